The highest BCUT2D eigenvalue weighted by Crippen LogP contribution is 2.51. The number of hydrogen-bond acceptors (Lipinski definition) is 2. The average molecular weight is 298 g/mol. The molecule has 5 rings (SSSR count). The second-order valence-corrected chi connectivity index (χ2v) is 6.11. The molecule has 0 bridgehead atoms. The van der Waals surface area contributed by atoms with E-state index in [4.69, 9.17) is 4.74 Å². The van der Waals surface area contributed by atoms with Gasteiger partial charge in [0.15, 0.2) is 5.60 Å². The summed E-state index contributed by atoms with van der Waals surface area (Å²) < 4.78 is 6.07. The number of hydrogen-bond donors (Lipinski definition) is 0. The number of esters is 1. The van der Waals surface area contributed by atoms with Crippen molar-refractivity contribution in [1.82, 2.24) is 0 Å². The molecule has 0 fully saturated rings. The fourth-order valence-corrected chi connectivity index (χ4v) is 4.00. The van der Waals surface area contributed by atoms with Crippen molar-refractivity contribution in [1.29, 1.82) is 0 Å². The van der Waals surface area contributed by atoms with Crippen molar-refractivity contribution >= 4 is 5.97 Å². The van der Waals surface area contributed by atoms with Gasteiger partial charge in [0, 0.05) is 16.7 Å². The lowest BCUT2D eigenvalue weighted by Gasteiger charge is -2.37. The minimum absolute atomic E-state index is 0.243. The molecular weight excluding hydrogens is 284 g/mol. The Bertz CT molecular complexity index is 910. The summed E-state index contributed by atoms with van der Waals surface area (Å²) in [5.41, 5.74) is 5.41. The summed E-state index contributed by atoms with van der Waals surface area (Å²) in [6.45, 7) is 0. The van der Waals surface area contributed by atoms with Gasteiger partial charge in [-0.05, 0) is 23.6 Å². The van der Waals surface area contributed by atoms with E-state index < -0.39 is 5.60 Å². The van der Waals surface area contributed by atoms with Crippen molar-refractivity contribution in [3.63, 3.8) is 0 Å². The Kier molecular flexibility index (Phi) is 2.38. The van der Waals surface area contributed by atoms with Gasteiger partial charge in [-0.1, -0.05) is 66.7 Å². The van der Waals surface area contributed by atoms with Crippen molar-refractivity contribution in [2.75, 3.05) is 0 Å². The molecular formula is C21H14O2. The van der Waals surface area contributed by atoms with Crippen LogP contribution in [0.2, 0.25) is 0 Å². The van der Waals surface area contributed by atoms with Gasteiger partial charge in [0.1, 0.15) is 0 Å². The van der Waals surface area contributed by atoms with Gasteiger partial charge in [-0.3, -0.25) is 0 Å². The number of ether oxygens (including phenoxy) is 1. The molecule has 0 saturated heterocycles. The van der Waals surface area contributed by atoms with Crippen LogP contribution in [0.5, 0.6) is 0 Å². The second kappa shape index (κ2) is 4.32. The van der Waals surface area contributed by atoms with Gasteiger partial charge >= 0.3 is 5.97 Å². The molecule has 2 aliphatic rings. The Hall–Kier alpha value is -2.87. The Morgan fingerprint density at radius 2 is 1.22 bits per heavy atom. The van der Waals surface area contributed by atoms with Crippen LogP contribution in [0.25, 0.3) is 0 Å². The summed E-state index contributed by atoms with van der Waals surface area (Å²) in [6.07, 6.45) is 0.869. The average Bonchev–Trinajstić information content (AvgIpc) is 2.90. The monoisotopic (exact) mass is 298 g/mol. The van der Waals surface area contributed by atoms with Crippen LogP contribution < -0.4 is 0 Å². The molecule has 1 heterocycles. The molecule has 1 aliphatic heterocycles. The zero-order chi connectivity index (χ0) is 15.4. The highest BCUT2D eigenvalue weighted by Gasteiger charge is 2.51. The van der Waals surface area contributed by atoms with E-state index in [2.05, 4.69) is 24.3 Å². The molecule has 0 amide bonds. The van der Waals surface area contributed by atoms with Crippen LogP contribution in [-0.4, -0.2) is 5.97 Å². The van der Waals surface area contributed by atoms with Gasteiger partial charge in [-0.25, -0.2) is 4.79 Å². The predicted molar refractivity (Wildman–Crippen MR) is 87.4 cm³/mol. The second-order valence-electron chi connectivity index (χ2n) is 6.11. The summed E-state index contributed by atoms with van der Waals surface area (Å²) in [5.74, 6) is -0.243. The van der Waals surface area contributed by atoms with Crippen molar-refractivity contribution in [3.05, 3.63) is 106 Å². The van der Waals surface area contributed by atoms with Gasteiger partial charge in [0.25, 0.3) is 0 Å². The molecule has 2 heteroatoms. The summed E-state index contributed by atoms with van der Waals surface area (Å²) in [7, 11) is 0. The molecule has 3 aromatic rings. The van der Waals surface area contributed by atoms with Gasteiger partial charge in [0.2, 0.25) is 0 Å². The number of benzene rings is 3. The zero-order valence-electron chi connectivity index (χ0n) is 12.5. The standard InChI is InChI=1S/C21H14O2/c22-20-16-9-3-6-12-19(16)21(23-20)17-10-4-1-7-14(17)13-15-8-2-5-11-18(15)21/h1-12H,13H2. The number of rotatable bonds is 0. The van der Waals surface area contributed by atoms with E-state index in [0.717, 1.165) is 23.1 Å². The topological polar surface area (TPSA) is 26.3 Å². The highest BCUT2D eigenvalue weighted by atomic mass is 16.6. The summed E-state index contributed by atoms with van der Waals surface area (Å²) in [4.78, 5) is 12.5. The molecule has 1 spiro atoms. The van der Waals surface area contributed by atoms with Crippen LogP contribution >= 0.6 is 0 Å². The molecule has 23 heavy (non-hydrogen) atoms. The van der Waals surface area contributed by atoms with Crippen molar-refractivity contribution in [3.8, 4) is 0 Å². The van der Waals surface area contributed by atoms with Crippen molar-refractivity contribution in [2.24, 2.45) is 0 Å². The van der Waals surface area contributed by atoms with Gasteiger partial charge in [-0.15, -0.1) is 0 Å². The van der Waals surface area contributed by atoms with Crippen LogP contribution in [0.4, 0.5) is 0 Å². The van der Waals surface area contributed by atoms with Crippen molar-refractivity contribution < 1.29 is 9.53 Å². The largest absolute Gasteiger partial charge is 0.441 e. The zero-order valence-corrected chi connectivity index (χ0v) is 12.5. The van der Waals surface area contributed by atoms with Gasteiger partial charge < -0.3 is 4.74 Å². The smallest absolute Gasteiger partial charge is 0.340 e. The van der Waals surface area contributed by atoms with Crippen LogP contribution in [0.1, 0.15) is 38.2 Å². The van der Waals surface area contributed by atoms with E-state index in [0.29, 0.717) is 5.56 Å². The first-order valence-corrected chi connectivity index (χ1v) is 7.80. The van der Waals surface area contributed by atoms with E-state index in [-0.39, 0.29) is 5.97 Å². The Labute approximate surface area is 134 Å². The molecule has 0 unspecified atom stereocenters. The van der Waals surface area contributed by atoms with E-state index in [1.54, 1.807) is 0 Å². The van der Waals surface area contributed by atoms with Gasteiger partial charge in [-0.2, -0.15) is 0 Å². The van der Waals surface area contributed by atoms with Crippen LogP contribution in [0.3, 0.4) is 0 Å². The number of carbonyl (C=O) groups is 1. The summed E-state index contributed by atoms with van der Waals surface area (Å²) >= 11 is 0. The molecule has 0 aromatic heterocycles. The first-order valence-electron chi connectivity index (χ1n) is 7.80. The number of carbonyl (C=O) groups excluding carboxylic acids is 1. The van der Waals surface area contributed by atoms with Crippen LogP contribution in [-0.2, 0) is 16.8 Å². The first-order chi connectivity index (χ1) is 11.3. The lowest BCUT2D eigenvalue weighted by atomic mass is 9.71. The fraction of sp³-hybridized carbons (Fsp3) is 0.0952. The van der Waals surface area contributed by atoms with Crippen LogP contribution in [0, 0.1) is 0 Å². The summed E-state index contributed by atoms with van der Waals surface area (Å²) in [5, 5.41) is 0. The normalized spacial score (nSPS) is 16.4. The van der Waals surface area contributed by atoms with Crippen LogP contribution in [0.15, 0.2) is 72.8 Å². The Morgan fingerprint density at radius 3 is 1.87 bits per heavy atom. The third kappa shape index (κ3) is 1.50. The molecule has 0 N–H and O–H groups in total. The molecule has 2 nitrogen and oxygen atoms in total. The third-order valence-electron chi connectivity index (χ3n) is 4.95. The molecule has 0 radical (unpaired) electrons. The van der Waals surface area contributed by atoms with E-state index in [1.165, 1.54) is 11.1 Å². The molecule has 1 aliphatic carbocycles. The lowest BCUT2D eigenvalue weighted by Crippen LogP contribution is -2.34. The highest BCUT2D eigenvalue weighted by molar-refractivity contribution is 5.96. The predicted octanol–water partition coefficient (Wildman–Crippen LogP) is 4.05. The lowest BCUT2D eigenvalue weighted by molar-refractivity contribution is 0.0241. The van der Waals surface area contributed by atoms with E-state index >= 15 is 0 Å². The Balaban J connectivity index is 1.93. The minimum atomic E-state index is -0.806. The van der Waals surface area contributed by atoms with E-state index in [9.17, 15) is 4.79 Å². The summed E-state index contributed by atoms with van der Waals surface area (Å²) in [6, 6.07) is 24.3. The molecule has 0 saturated carbocycles. The van der Waals surface area contributed by atoms with E-state index in [1.807, 2.05) is 48.5 Å². The quantitative estimate of drug-likeness (QED) is 0.585. The molecule has 110 valence electrons. The SMILES string of the molecule is O=C1OC2(c3ccccc3Cc3ccccc32)c2ccccc21. The molecule has 3 aromatic carbocycles. The Morgan fingerprint density at radius 1 is 0.696 bits per heavy atom. The maximum Gasteiger partial charge on any atom is 0.340 e. The fourth-order valence-electron chi connectivity index (χ4n) is 4.00. The third-order valence-corrected chi connectivity index (χ3v) is 4.95. The van der Waals surface area contributed by atoms with Gasteiger partial charge in [0.05, 0.1) is 5.56 Å². The number of fused-ring (bicyclic) bond motifs is 6. The molecule has 0 atom stereocenters. The maximum atomic E-state index is 12.5. The maximum absolute atomic E-state index is 12.5. The first kappa shape index (κ1) is 12.7. The minimum Gasteiger partial charge on any atom is -0.441 e. The van der Waals surface area contributed by atoms with Crippen molar-refractivity contribution in [2.45, 2.75) is 12.0 Å².